The van der Waals surface area contributed by atoms with Gasteiger partial charge in [0.05, 0.1) is 5.56 Å². The molecule has 0 N–H and O–H groups in total. The number of aryl methyl sites for hydroxylation is 2. The van der Waals surface area contributed by atoms with E-state index >= 15 is 0 Å². The Morgan fingerprint density at radius 2 is 2.08 bits per heavy atom. The van der Waals surface area contributed by atoms with Gasteiger partial charge in [-0.2, -0.15) is 0 Å². The minimum absolute atomic E-state index is 0.284. The second kappa shape index (κ2) is 3.39. The molecule has 12 heavy (non-hydrogen) atoms. The van der Waals surface area contributed by atoms with E-state index in [1.165, 1.54) is 0 Å². The maximum absolute atomic E-state index is 10.5. The molecule has 0 spiro atoms. The average Bonchev–Trinajstić information content (AvgIpc) is 2.03. The van der Waals surface area contributed by atoms with Crippen LogP contribution in [0.1, 0.15) is 28.4 Å². The standard InChI is InChI=1S/C10H11O2/c1-3-8-4-5-9(10(11)12)7(2)6-8/h4-6H,3H2,1-2H3. The summed E-state index contributed by atoms with van der Waals surface area (Å²) in [5.74, 6) is -1.10. The summed E-state index contributed by atoms with van der Waals surface area (Å²) in [5, 5.41) is 10.5. The zero-order chi connectivity index (χ0) is 9.14. The van der Waals surface area contributed by atoms with Crippen LogP contribution in [0.3, 0.4) is 0 Å². The first-order chi connectivity index (χ1) is 5.65. The molecular weight excluding hydrogens is 152 g/mol. The molecule has 0 aliphatic carbocycles. The van der Waals surface area contributed by atoms with Crippen LogP contribution in [-0.2, 0) is 11.5 Å². The van der Waals surface area contributed by atoms with E-state index in [1.54, 1.807) is 13.0 Å². The van der Waals surface area contributed by atoms with Crippen molar-refractivity contribution < 1.29 is 9.90 Å². The quantitative estimate of drug-likeness (QED) is 0.658. The molecule has 2 nitrogen and oxygen atoms in total. The van der Waals surface area contributed by atoms with Gasteiger partial charge < -0.3 is 0 Å². The smallest absolute Gasteiger partial charge is 0.241 e. The fraction of sp³-hybridized carbons (Fsp3) is 0.300. The predicted octanol–water partition coefficient (Wildman–Crippen LogP) is 2.13. The molecule has 1 aromatic carbocycles. The lowest BCUT2D eigenvalue weighted by Crippen LogP contribution is -1.98. The highest BCUT2D eigenvalue weighted by molar-refractivity contribution is 5.88. The van der Waals surface area contributed by atoms with Crippen LogP contribution in [0.15, 0.2) is 18.2 Å². The van der Waals surface area contributed by atoms with Gasteiger partial charge in [0, 0.05) is 0 Å². The second-order valence-electron chi connectivity index (χ2n) is 2.79. The Labute approximate surface area is 71.8 Å². The van der Waals surface area contributed by atoms with Crippen molar-refractivity contribution in [2.75, 3.05) is 0 Å². The molecule has 0 atom stereocenters. The molecule has 0 heterocycles. The highest BCUT2D eigenvalue weighted by atomic mass is 16.4. The minimum Gasteiger partial charge on any atom is -0.241 e. The molecule has 0 saturated carbocycles. The molecule has 0 aliphatic heterocycles. The Morgan fingerprint density at radius 3 is 2.50 bits per heavy atom. The molecule has 1 aromatic rings. The molecular formula is C10H11O2. The molecule has 63 valence electrons. The van der Waals surface area contributed by atoms with Gasteiger partial charge in [-0.1, -0.05) is 19.1 Å². The van der Waals surface area contributed by atoms with Gasteiger partial charge in [-0.3, -0.25) is 0 Å². The Hall–Kier alpha value is -1.31. The lowest BCUT2D eigenvalue weighted by Gasteiger charge is -2.01. The topological polar surface area (TPSA) is 37.0 Å². The highest BCUT2D eigenvalue weighted by Gasteiger charge is 2.07. The second-order valence-corrected chi connectivity index (χ2v) is 2.79. The molecule has 0 fully saturated rings. The number of benzene rings is 1. The minimum atomic E-state index is -1.10. The molecule has 0 amide bonds. The first-order valence-corrected chi connectivity index (χ1v) is 3.96. The maximum Gasteiger partial charge on any atom is 0.386 e. The van der Waals surface area contributed by atoms with Crippen molar-refractivity contribution in [3.05, 3.63) is 34.9 Å². The van der Waals surface area contributed by atoms with E-state index in [4.69, 9.17) is 0 Å². The van der Waals surface area contributed by atoms with Gasteiger partial charge in [-0.15, -0.1) is 0 Å². The lowest BCUT2D eigenvalue weighted by atomic mass is 10.0. The van der Waals surface area contributed by atoms with Gasteiger partial charge in [0.15, 0.2) is 0 Å². The Morgan fingerprint density at radius 1 is 1.42 bits per heavy atom. The van der Waals surface area contributed by atoms with Gasteiger partial charge in [-0.25, -0.2) is 9.90 Å². The van der Waals surface area contributed by atoms with Crippen molar-refractivity contribution >= 4 is 5.97 Å². The highest BCUT2D eigenvalue weighted by Crippen LogP contribution is 2.11. The zero-order valence-electron chi connectivity index (χ0n) is 7.26. The molecule has 2 heteroatoms. The van der Waals surface area contributed by atoms with Crippen LogP contribution in [0.2, 0.25) is 0 Å². The van der Waals surface area contributed by atoms with E-state index in [9.17, 15) is 9.90 Å². The van der Waals surface area contributed by atoms with Crippen LogP contribution in [0.5, 0.6) is 0 Å². The molecule has 1 radical (unpaired) electrons. The summed E-state index contributed by atoms with van der Waals surface area (Å²) in [6, 6.07) is 5.30. The van der Waals surface area contributed by atoms with Gasteiger partial charge in [0.2, 0.25) is 0 Å². The average molecular weight is 163 g/mol. The summed E-state index contributed by atoms with van der Waals surface area (Å²) in [6.07, 6.45) is 0.925. The van der Waals surface area contributed by atoms with Crippen molar-refractivity contribution in [2.24, 2.45) is 0 Å². The largest absolute Gasteiger partial charge is 0.386 e. The first kappa shape index (κ1) is 8.78. The van der Waals surface area contributed by atoms with Crippen LogP contribution in [0.25, 0.3) is 0 Å². The van der Waals surface area contributed by atoms with E-state index in [0.29, 0.717) is 0 Å². The molecule has 0 bridgehead atoms. The fourth-order valence-electron chi connectivity index (χ4n) is 1.17. The first-order valence-electron chi connectivity index (χ1n) is 3.96. The molecule has 0 aromatic heterocycles. The van der Waals surface area contributed by atoms with Crippen molar-refractivity contribution in [1.82, 2.24) is 0 Å². The van der Waals surface area contributed by atoms with Crippen molar-refractivity contribution in [1.29, 1.82) is 0 Å². The van der Waals surface area contributed by atoms with Crippen LogP contribution >= 0.6 is 0 Å². The van der Waals surface area contributed by atoms with E-state index in [2.05, 4.69) is 0 Å². The van der Waals surface area contributed by atoms with Gasteiger partial charge in [0.1, 0.15) is 0 Å². The van der Waals surface area contributed by atoms with Crippen LogP contribution in [0, 0.1) is 6.92 Å². The maximum atomic E-state index is 10.5. The zero-order valence-corrected chi connectivity index (χ0v) is 7.26. The van der Waals surface area contributed by atoms with E-state index < -0.39 is 5.97 Å². The van der Waals surface area contributed by atoms with Crippen molar-refractivity contribution in [3.63, 3.8) is 0 Å². The molecule has 0 saturated heterocycles. The number of carbonyl (C=O) groups excluding carboxylic acids is 1. The summed E-state index contributed by atoms with van der Waals surface area (Å²) >= 11 is 0. The summed E-state index contributed by atoms with van der Waals surface area (Å²) in [7, 11) is 0. The normalized spacial score (nSPS) is 9.83. The van der Waals surface area contributed by atoms with Crippen LogP contribution in [-0.4, -0.2) is 5.97 Å². The number of rotatable bonds is 2. The summed E-state index contributed by atoms with van der Waals surface area (Å²) in [5.41, 5.74) is 2.21. The number of hydrogen-bond donors (Lipinski definition) is 0. The summed E-state index contributed by atoms with van der Waals surface area (Å²) < 4.78 is 0. The van der Waals surface area contributed by atoms with E-state index in [0.717, 1.165) is 17.5 Å². The summed E-state index contributed by atoms with van der Waals surface area (Å²) in [6.45, 7) is 3.82. The molecule has 0 aliphatic rings. The molecule has 0 unspecified atom stereocenters. The van der Waals surface area contributed by atoms with E-state index in [1.807, 2.05) is 19.1 Å². The van der Waals surface area contributed by atoms with Gasteiger partial charge >= 0.3 is 5.97 Å². The Kier molecular flexibility index (Phi) is 2.48. The third kappa shape index (κ3) is 1.64. The number of carbonyl (C=O) groups is 1. The van der Waals surface area contributed by atoms with Crippen LogP contribution in [0.4, 0.5) is 0 Å². The van der Waals surface area contributed by atoms with Crippen molar-refractivity contribution in [2.45, 2.75) is 20.3 Å². The Bertz CT molecular complexity index is 303. The lowest BCUT2D eigenvalue weighted by molar-refractivity contribution is 0.0572. The van der Waals surface area contributed by atoms with Gasteiger partial charge in [-0.05, 0) is 30.5 Å². The summed E-state index contributed by atoms with van der Waals surface area (Å²) in [4.78, 5) is 10.5. The SMILES string of the molecule is CCc1ccc(C([O])=O)c(C)c1. The predicted molar refractivity (Wildman–Crippen MR) is 45.6 cm³/mol. The fourth-order valence-corrected chi connectivity index (χ4v) is 1.17. The van der Waals surface area contributed by atoms with E-state index in [-0.39, 0.29) is 5.56 Å². The Balaban J connectivity index is 3.12. The van der Waals surface area contributed by atoms with Crippen molar-refractivity contribution in [3.8, 4) is 0 Å². The van der Waals surface area contributed by atoms with Crippen LogP contribution < -0.4 is 0 Å². The van der Waals surface area contributed by atoms with Gasteiger partial charge in [0.25, 0.3) is 0 Å². The number of hydrogen-bond acceptors (Lipinski definition) is 1. The third-order valence-corrected chi connectivity index (χ3v) is 1.92. The monoisotopic (exact) mass is 163 g/mol. The third-order valence-electron chi connectivity index (χ3n) is 1.92. The molecule has 1 rings (SSSR count).